The quantitative estimate of drug-likeness (QED) is 0.814. The van der Waals surface area contributed by atoms with Crippen LogP contribution in [0.1, 0.15) is 35.6 Å². The van der Waals surface area contributed by atoms with E-state index in [1.54, 1.807) is 14.0 Å². The third kappa shape index (κ3) is 1.89. The zero-order valence-electron chi connectivity index (χ0n) is 11.2. The number of methoxy groups -OCH3 is 1. The summed E-state index contributed by atoms with van der Waals surface area (Å²) in [6.07, 6.45) is 1.44. The van der Waals surface area contributed by atoms with E-state index in [1.165, 1.54) is 0 Å². The lowest BCUT2D eigenvalue weighted by Gasteiger charge is -2.34. The predicted octanol–water partition coefficient (Wildman–Crippen LogP) is 2.65. The molecule has 1 heterocycles. The van der Waals surface area contributed by atoms with Crippen molar-refractivity contribution in [2.75, 3.05) is 7.11 Å². The molecule has 0 saturated carbocycles. The van der Waals surface area contributed by atoms with E-state index in [4.69, 9.17) is 9.47 Å². The first-order chi connectivity index (χ1) is 7.87. The summed E-state index contributed by atoms with van der Waals surface area (Å²) in [7, 11) is 1.70. The fourth-order valence-electron chi connectivity index (χ4n) is 2.53. The number of aliphatic hydroxyl groups is 1. The van der Waals surface area contributed by atoms with Gasteiger partial charge in [-0.2, -0.15) is 0 Å². The van der Waals surface area contributed by atoms with E-state index >= 15 is 0 Å². The van der Waals surface area contributed by atoms with Crippen molar-refractivity contribution in [3.05, 3.63) is 22.3 Å². The molecule has 1 aromatic rings. The third-order valence-electron chi connectivity index (χ3n) is 3.68. The zero-order valence-corrected chi connectivity index (χ0v) is 11.2. The highest BCUT2D eigenvalue weighted by atomic mass is 16.6. The smallest absolute Gasteiger partial charge is 0.205 e. The maximum Gasteiger partial charge on any atom is 0.205 e. The monoisotopic (exact) mass is 236 g/mol. The summed E-state index contributed by atoms with van der Waals surface area (Å²) in [6, 6.07) is 0. The Morgan fingerprint density at radius 3 is 2.41 bits per heavy atom. The highest BCUT2D eigenvalue weighted by Crippen LogP contribution is 2.42. The summed E-state index contributed by atoms with van der Waals surface area (Å²) in [5.41, 5.74) is 4.43. The van der Waals surface area contributed by atoms with E-state index in [1.807, 2.05) is 20.8 Å². The molecule has 2 rings (SSSR count). The van der Waals surface area contributed by atoms with Crippen LogP contribution in [0.3, 0.4) is 0 Å². The van der Waals surface area contributed by atoms with Crippen LogP contribution in [0, 0.1) is 20.8 Å². The molecule has 1 aromatic carbocycles. The normalized spacial score (nSPS) is 22.9. The molecule has 0 saturated heterocycles. The average molecular weight is 236 g/mol. The minimum atomic E-state index is -1.05. The van der Waals surface area contributed by atoms with Gasteiger partial charge in [-0.05, 0) is 43.9 Å². The number of fused-ring (bicyclic) bond motifs is 1. The van der Waals surface area contributed by atoms with E-state index in [-0.39, 0.29) is 0 Å². The molecule has 0 fully saturated rings. The van der Waals surface area contributed by atoms with E-state index in [0.717, 1.165) is 40.2 Å². The highest BCUT2D eigenvalue weighted by molar-refractivity contribution is 5.58. The standard InChI is InChI=1S/C14H20O3/c1-8-9(2)13-11(10(3)12(8)16-5)6-7-14(4,15)17-13/h15H,6-7H2,1-5H3. The Bertz CT molecular complexity index is 461. The Kier molecular flexibility index (Phi) is 2.82. The Hall–Kier alpha value is -1.22. The van der Waals surface area contributed by atoms with Gasteiger partial charge in [0.2, 0.25) is 5.79 Å². The van der Waals surface area contributed by atoms with Crippen LogP contribution in [0.15, 0.2) is 0 Å². The molecule has 0 aromatic heterocycles. The zero-order chi connectivity index (χ0) is 12.8. The maximum atomic E-state index is 10.0. The molecule has 1 aliphatic heterocycles. The van der Waals surface area contributed by atoms with Crippen molar-refractivity contribution in [2.45, 2.75) is 46.3 Å². The molecule has 0 bridgehead atoms. The Balaban J connectivity index is 2.64. The molecule has 1 aliphatic rings. The van der Waals surface area contributed by atoms with Crippen LogP contribution in [0.2, 0.25) is 0 Å². The second-order valence-corrected chi connectivity index (χ2v) is 4.99. The minimum Gasteiger partial charge on any atom is -0.496 e. The Labute approximate surface area is 102 Å². The Morgan fingerprint density at radius 2 is 1.82 bits per heavy atom. The largest absolute Gasteiger partial charge is 0.496 e. The second-order valence-electron chi connectivity index (χ2n) is 4.99. The molecule has 1 atom stereocenters. The van der Waals surface area contributed by atoms with Gasteiger partial charge in [-0.25, -0.2) is 0 Å². The summed E-state index contributed by atoms with van der Waals surface area (Å²) < 4.78 is 11.2. The van der Waals surface area contributed by atoms with E-state index in [2.05, 4.69) is 0 Å². The molecule has 3 nitrogen and oxygen atoms in total. The van der Waals surface area contributed by atoms with Gasteiger partial charge in [-0.3, -0.25) is 0 Å². The Morgan fingerprint density at radius 1 is 1.18 bits per heavy atom. The maximum absolute atomic E-state index is 10.0. The molecule has 94 valence electrons. The topological polar surface area (TPSA) is 38.7 Å². The van der Waals surface area contributed by atoms with Crippen molar-refractivity contribution < 1.29 is 14.6 Å². The first kappa shape index (κ1) is 12.2. The molecule has 1 N–H and O–H groups in total. The number of rotatable bonds is 1. The predicted molar refractivity (Wildman–Crippen MR) is 66.8 cm³/mol. The van der Waals surface area contributed by atoms with Gasteiger partial charge in [0.1, 0.15) is 11.5 Å². The van der Waals surface area contributed by atoms with E-state index in [9.17, 15) is 5.11 Å². The molecule has 3 heteroatoms. The lowest BCUT2D eigenvalue weighted by atomic mass is 9.91. The molecule has 17 heavy (non-hydrogen) atoms. The number of hydrogen-bond donors (Lipinski definition) is 1. The molecular weight excluding hydrogens is 216 g/mol. The van der Waals surface area contributed by atoms with Crippen molar-refractivity contribution in [1.82, 2.24) is 0 Å². The average Bonchev–Trinajstić information content (AvgIpc) is 2.26. The van der Waals surface area contributed by atoms with Gasteiger partial charge < -0.3 is 14.6 Å². The summed E-state index contributed by atoms with van der Waals surface area (Å²) >= 11 is 0. The van der Waals surface area contributed by atoms with Crippen molar-refractivity contribution in [3.8, 4) is 11.5 Å². The van der Waals surface area contributed by atoms with Crippen molar-refractivity contribution in [3.63, 3.8) is 0 Å². The van der Waals surface area contributed by atoms with Crippen molar-refractivity contribution in [2.24, 2.45) is 0 Å². The van der Waals surface area contributed by atoms with Crippen LogP contribution in [0.5, 0.6) is 11.5 Å². The van der Waals surface area contributed by atoms with Gasteiger partial charge in [0.25, 0.3) is 0 Å². The fourth-order valence-corrected chi connectivity index (χ4v) is 2.53. The van der Waals surface area contributed by atoms with Gasteiger partial charge in [0.05, 0.1) is 7.11 Å². The van der Waals surface area contributed by atoms with Crippen LogP contribution in [0.4, 0.5) is 0 Å². The number of ether oxygens (including phenoxy) is 2. The number of hydrogen-bond acceptors (Lipinski definition) is 3. The second kappa shape index (κ2) is 3.91. The lowest BCUT2D eigenvalue weighted by molar-refractivity contribution is -0.134. The van der Waals surface area contributed by atoms with E-state index < -0.39 is 5.79 Å². The van der Waals surface area contributed by atoms with Crippen molar-refractivity contribution in [1.29, 1.82) is 0 Å². The summed E-state index contributed by atoms with van der Waals surface area (Å²) in [5, 5.41) is 10.0. The minimum absolute atomic E-state index is 0.618. The molecule has 0 spiro atoms. The molecular formula is C14H20O3. The SMILES string of the molecule is COc1c(C)c(C)c2c(c1C)CCC(C)(O)O2. The van der Waals surface area contributed by atoms with Crippen LogP contribution in [-0.4, -0.2) is 18.0 Å². The van der Waals surface area contributed by atoms with Gasteiger partial charge in [0, 0.05) is 18.9 Å². The fraction of sp³-hybridized carbons (Fsp3) is 0.571. The first-order valence-corrected chi connectivity index (χ1v) is 5.95. The van der Waals surface area contributed by atoms with Crippen LogP contribution >= 0.6 is 0 Å². The van der Waals surface area contributed by atoms with Crippen LogP contribution in [0.25, 0.3) is 0 Å². The lowest BCUT2D eigenvalue weighted by Crippen LogP contribution is -2.36. The van der Waals surface area contributed by atoms with E-state index in [0.29, 0.717) is 6.42 Å². The summed E-state index contributed by atoms with van der Waals surface area (Å²) in [4.78, 5) is 0. The molecule has 0 radical (unpaired) electrons. The number of benzene rings is 1. The van der Waals surface area contributed by atoms with Crippen molar-refractivity contribution >= 4 is 0 Å². The van der Waals surface area contributed by atoms with Gasteiger partial charge in [-0.15, -0.1) is 0 Å². The van der Waals surface area contributed by atoms with Crippen LogP contribution < -0.4 is 9.47 Å². The summed E-state index contributed by atoms with van der Waals surface area (Å²) in [6.45, 7) is 7.80. The van der Waals surface area contributed by atoms with Gasteiger partial charge >= 0.3 is 0 Å². The summed E-state index contributed by atoms with van der Waals surface area (Å²) in [5.74, 6) is 0.717. The molecule has 1 unspecified atom stereocenters. The van der Waals surface area contributed by atoms with Gasteiger partial charge in [0.15, 0.2) is 0 Å². The van der Waals surface area contributed by atoms with Gasteiger partial charge in [-0.1, -0.05) is 0 Å². The molecule has 0 amide bonds. The van der Waals surface area contributed by atoms with Crippen LogP contribution in [-0.2, 0) is 6.42 Å². The first-order valence-electron chi connectivity index (χ1n) is 5.95. The molecule has 0 aliphatic carbocycles. The highest BCUT2D eigenvalue weighted by Gasteiger charge is 2.32. The third-order valence-corrected chi connectivity index (χ3v) is 3.68.